The van der Waals surface area contributed by atoms with Gasteiger partial charge in [-0.1, -0.05) is 0 Å². The predicted octanol–water partition coefficient (Wildman–Crippen LogP) is -1.72. The van der Waals surface area contributed by atoms with Crippen LogP contribution in [0.1, 0.15) is 0 Å². The van der Waals surface area contributed by atoms with E-state index in [1.807, 2.05) is 4.72 Å². The summed E-state index contributed by atoms with van der Waals surface area (Å²) >= 11 is 0. The lowest BCUT2D eigenvalue weighted by atomic mass is 10.6. The summed E-state index contributed by atoms with van der Waals surface area (Å²) in [5.74, 6) is -0.356. The Kier molecular flexibility index (Phi) is 3.31. The normalized spacial score (nSPS) is 11.0. The molecule has 10 heavy (non-hydrogen) atoms. The molecule has 0 aromatic rings. The van der Waals surface area contributed by atoms with Crippen LogP contribution in [0, 0.1) is 0 Å². The van der Waals surface area contributed by atoms with E-state index in [9.17, 15) is 13.2 Å². The SMILES string of the molecule is CNC(=O)CNS(C)(=O)=O. The molecule has 0 saturated heterocycles. The number of carbonyl (C=O) groups excluding carboxylic acids is 1. The molecule has 0 fully saturated rings. The van der Waals surface area contributed by atoms with Crippen LogP contribution in [-0.4, -0.2) is 34.2 Å². The van der Waals surface area contributed by atoms with Gasteiger partial charge in [0.05, 0.1) is 12.8 Å². The number of likely N-dealkylation sites (N-methyl/N-ethyl adjacent to an activating group) is 1. The van der Waals surface area contributed by atoms with Crippen molar-refractivity contribution in [3.8, 4) is 0 Å². The molecule has 0 aliphatic carbocycles. The molecule has 0 aromatic heterocycles. The Bertz CT molecular complexity index is 209. The van der Waals surface area contributed by atoms with Crippen molar-refractivity contribution < 1.29 is 13.2 Å². The summed E-state index contributed by atoms with van der Waals surface area (Å²) in [6, 6.07) is 0. The Labute approximate surface area is 59.9 Å². The first-order valence-corrected chi connectivity index (χ1v) is 4.50. The van der Waals surface area contributed by atoms with E-state index < -0.39 is 10.0 Å². The van der Waals surface area contributed by atoms with Crippen molar-refractivity contribution in [2.24, 2.45) is 0 Å². The lowest BCUT2D eigenvalue weighted by Crippen LogP contribution is -2.34. The van der Waals surface area contributed by atoms with E-state index in [1.54, 1.807) is 0 Å². The van der Waals surface area contributed by atoms with Gasteiger partial charge in [-0.3, -0.25) is 4.79 Å². The van der Waals surface area contributed by atoms with Crippen molar-refractivity contribution in [2.75, 3.05) is 19.8 Å². The predicted molar refractivity (Wildman–Crippen MR) is 36.9 cm³/mol. The van der Waals surface area contributed by atoms with E-state index in [0.717, 1.165) is 6.26 Å². The topological polar surface area (TPSA) is 75.3 Å². The highest BCUT2D eigenvalue weighted by Crippen LogP contribution is 1.70. The summed E-state index contributed by atoms with van der Waals surface area (Å²) in [6.45, 7) is -0.199. The summed E-state index contributed by atoms with van der Waals surface area (Å²) in [5, 5.41) is 2.27. The molecule has 0 spiro atoms. The molecule has 0 atom stereocenters. The first-order chi connectivity index (χ1) is 4.45. The fraction of sp³-hybridized carbons (Fsp3) is 0.750. The Balaban J connectivity index is 3.67. The van der Waals surface area contributed by atoms with E-state index in [-0.39, 0.29) is 12.5 Å². The maximum atomic E-state index is 10.4. The van der Waals surface area contributed by atoms with Crippen LogP contribution in [-0.2, 0) is 14.8 Å². The van der Waals surface area contributed by atoms with Gasteiger partial charge in [-0.25, -0.2) is 13.1 Å². The zero-order valence-corrected chi connectivity index (χ0v) is 6.66. The molecule has 0 aromatic carbocycles. The van der Waals surface area contributed by atoms with Gasteiger partial charge in [0, 0.05) is 7.05 Å². The molecule has 1 amide bonds. The van der Waals surface area contributed by atoms with Crippen molar-refractivity contribution in [2.45, 2.75) is 0 Å². The molecule has 0 saturated carbocycles. The van der Waals surface area contributed by atoms with E-state index in [0.29, 0.717) is 0 Å². The minimum Gasteiger partial charge on any atom is -0.358 e. The lowest BCUT2D eigenvalue weighted by Gasteiger charge is -1.98. The second-order valence-electron chi connectivity index (χ2n) is 1.77. The Morgan fingerprint density at radius 1 is 1.50 bits per heavy atom. The number of rotatable bonds is 3. The van der Waals surface area contributed by atoms with Crippen molar-refractivity contribution in [3.05, 3.63) is 0 Å². The summed E-state index contributed by atoms with van der Waals surface area (Å²) in [5.41, 5.74) is 0. The first kappa shape index (κ1) is 9.38. The van der Waals surface area contributed by atoms with Crippen LogP contribution < -0.4 is 10.0 Å². The van der Waals surface area contributed by atoms with Gasteiger partial charge >= 0.3 is 0 Å². The molecule has 0 unspecified atom stereocenters. The maximum Gasteiger partial charge on any atom is 0.234 e. The summed E-state index contributed by atoms with van der Waals surface area (Å²) in [7, 11) is -1.80. The summed E-state index contributed by atoms with van der Waals surface area (Å²) in [4.78, 5) is 10.4. The number of hydrogen-bond acceptors (Lipinski definition) is 3. The molecule has 60 valence electrons. The quantitative estimate of drug-likeness (QED) is 0.523. The van der Waals surface area contributed by atoms with Gasteiger partial charge in [0.1, 0.15) is 0 Å². The van der Waals surface area contributed by atoms with Crippen LogP contribution in [0.3, 0.4) is 0 Å². The summed E-state index contributed by atoms with van der Waals surface area (Å²) in [6.07, 6.45) is 0.996. The zero-order valence-electron chi connectivity index (χ0n) is 5.84. The second-order valence-corrected chi connectivity index (χ2v) is 3.60. The van der Waals surface area contributed by atoms with Crippen LogP contribution in [0.25, 0.3) is 0 Å². The minimum atomic E-state index is -3.24. The van der Waals surface area contributed by atoms with Gasteiger partial charge < -0.3 is 5.32 Å². The minimum absolute atomic E-state index is 0.199. The van der Waals surface area contributed by atoms with Crippen LogP contribution in [0.5, 0.6) is 0 Å². The fourth-order valence-corrected chi connectivity index (χ4v) is 0.678. The van der Waals surface area contributed by atoms with Crippen LogP contribution >= 0.6 is 0 Å². The van der Waals surface area contributed by atoms with Crippen LogP contribution in [0.4, 0.5) is 0 Å². The molecule has 0 aliphatic rings. The molecule has 0 radical (unpaired) electrons. The molecule has 6 heteroatoms. The highest BCUT2D eigenvalue weighted by Gasteiger charge is 2.02. The number of nitrogens with one attached hydrogen (secondary N) is 2. The molecule has 2 N–H and O–H groups in total. The Morgan fingerprint density at radius 3 is 2.30 bits per heavy atom. The molecule has 5 nitrogen and oxygen atoms in total. The first-order valence-electron chi connectivity index (χ1n) is 2.61. The highest BCUT2D eigenvalue weighted by atomic mass is 32.2. The fourth-order valence-electron chi connectivity index (χ4n) is 0.285. The molecule has 0 rings (SSSR count). The van der Waals surface area contributed by atoms with E-state index in [1.165, 1.54) is 7.05 Å². The highest BCUT2D eigenvalue weighted by molar-refractivity contribution is 7.88. The molecular weight excluding hydrogens is 156 g/mol. The Morgan fingerprint density at radius 2 is 2.00 bits per heavy atom. The molecule has 0 aliphatic heterocycles. The van der Waals surface area contributed by atoms with Crippen molar-refractivity contribution >= 4 is 15.9 Å². The average molecular weight is 166 g/mol. The number of sulfonamides is 1. The standard InChI is InChI=1S/C4H10N2O3S/c1-5-4(7)3-6-10(2,8)9/h6H,3H2,1-2H3,(H,5,7). The van der Waals surface area contributed by atoms with Gasteiger partial charge in [-0.2, -0.15) is 0 Å². The monoisotopic (exact) mass is 166 g/mol. The number of carbonyl (C=O) groups is 1. The van der Waals surface area contributed by atoms with Gasteiger partial charge in [-0.05, 0) is 0 Å². The number of amides is 1. The maximum absolute atomic E-state index is 10.4. The van der Waals surface area contributed by atoms with Crippen LogP contribution in [0.2, 0.25) is 0 Å². The Hall–Kier alpha value is -0.620. The van der Waals surface area contributed by atoms with Crippen molar-refractivity contribution in [1.29, 1.82) is 0 Å². The lowest BCUT2D eigenvalue weighted by molar-refractivity contribution is -0.119. The zero-order chi connectivity index (χ0) is 8.20. The number of hydrogen-bond donors (Lipinski definition) is 2. The van der Waals surface area contributed by atoms with Gasteiger partial charge in [0.15, 0.2) is 0 Å². The molecular formula is C4H10N2O3S. The molecule has 0 bridgehead atoms. The van der Waals surface area contributed by atoms with Crippen molar-refractivity contribution in [3.63, 3.8) is 0 Å². The third-order valence-electron chi connectivity index (χ3n) is 0.774. The van der Waals surface area contributed by atoms with E-state index in [2.05, 4.69) is 5.32 Å². The van der Waals surface area contributed by atoms with Crippen LogP contribution in [0.15, 0.2) is 0 Å². The third kappa shape index (κ3) is 5.52. The van der Waals surface area contributed by atoms with Crippen molar-refractivity contribution in [1.82, 2.24) is 10.0 Å². The molecule has 0 heterocycles. The summed E-state index contributed by atoms with van der Waals surface area (Å²) < 4.78 is 22.8. The third-order valence-corrected chi connectivity index (χ3v) is 1.44. The largest absolute Gasteiger partial charge is 0.358 e. The smallest absolute Gasteiger partial charge is 0.234 e. The van der Waals surface area contributed by atoms with Gasteiger partial charge in [0.25, 0.3) is 0 Å². The average Bonchev–Trinajstić information content (AvgIpc) is 1.81. The van der Waals surface area contributed by atoms with Gasteiger partial charge in [-0.15, -0.1) is 0 Å². The second kappa shape index (κ2) is 3.52. The van der Waals surface area contributed by atoms with E-state index >= 15 is 0 Å². The van der Waals surface area contributed by atoms with E-state index in [4.69, 9.17) is 0 Å². The van der Waals surface area contributed by atoms with Gasteiger partial charge in [0.2, 0.25) is 15.9 Å².